The van der Waals surface area contributed by atoms with Gasteiger partial charge in [0, 0.05) is 11.5 Å². The third kappa shape index (κ3) is 3.11. The van der Waals surface area contributed by atoms with Gasteiger partial charge >= 0.3 is 11.9 Å². The SMILES string of the molecule is C=CC(C)(C)/C(=C\C(=O)O)C(=O)O. The van der Waals surface area contributed by atoms with Crippen LogP contribution in [0.25, 0.3) is 0 Å². The van der Waals surface area contributed by atoms with E-state index in [1.807, 2.05) is 0 Å². The molecule has 0 atom stereocenters. The molecule has 0 bridgehead atoms. The summed E-state index contributed by atoms with van der Waals surface area (Å²) in [5, 5.41) is 17.1. The highest BCUT2D eigenvalue weighted by Gasteiger charge is 2.26. The highest BCUT2D eigenvalue weighted by Crippen LogP contribution is 2.27. The van der Waals surface area contributed by atoms with E-state index in [9.17, 15) is 9.59 Å². The first kappa shape index (κ1) is 11.4. The van der Waals surface area contributed by atoms with Gasteiger partial charge in [-0.2, -0.15) is 0 Å². The summed E-state index contributed by atoms with van der Waals surface area (Å²) in [6, 6.07) is 0. The predicted molar refractivity (Wildman–Crippen MR) is 47.3 cm³/mol. The van der Waals surface area contributed by atoms with Crippen LogP contribution in [0.5, 0.6) is 0 Å². The fourth-order valence-electron chi connectivity index (χ4n) is 0.757. The van der Waals surface area contributed by atoms with Gasteiger partial charge in [-0.15, -0.1) is 6.58 Å². The molecular formula is C9H12O4. The zero-order chi connectivity index (χ0) is 10.6. The molecule has 0 radical (unpaired) electrons. The maximum Gasteiger partial charge on any atom is 0.332 e. The van der Waals surface area contributed by atoms with Gasteiger partial charge in [0.2, 0.25) is 0 Å². The molecule has 2 N–H and O–H groups in total. The Kier molecular flexibility index (Phi) is 3.42. The van der Waals surface area contributed by atoms with Crippen molar-refractivity contribution in [2.75, 3.05) is 0 Å². The van der Waals surface area contributed by atoms with Crippen molar-refractivity contribution in [3.63, 3.8) is 0 Å². The maximum atomic E-state index is 10.7. The summed E-state index contributed by atoms with van der Waals surface area (Å²) in [7, 11) is 0. The number of allylic oxidation sites excluding steroid dienone is 1. The Balaban J connectivity index is 5.16. The van der Waals surface area contributed by atoms with Crippen LogP contribution in [-0.2, 0) is 9.59 Å². The van der Waals surface area contributed by atoms with Crippen LogP contribution in [0.4, 0.5) is 0 Å². The Morgan fingerprint density at radius 1 is 1.31 bits per heavy atom. The highest BCUT2D eigenvalue weighted by molar-refractivity contribution is 5.96. The Bertz CT molecular complexity index is 273. The van der Waals surface area contributed by atoms with E-state index in [-0.39, 0.29) is 5.57 Å². The lowest BCUT2D eigenvalue weighted by Crippen LogP contribution is -2.20. The number of aliphatic carboxylic acids is 2. The fraction of sp³-hybridized carbons (Fsp3) is 0.333. The number of hydrogen-bond acceptors (Lipinski definition) is 2. The monoisotopic (exact) mass is 184 g/mol. The van der Waals surface area contributed by atoms with Gasteiger partial charge in [0.1, 0.15) is 0 Å². The molecule has 0 aliphatic carbocycles. The minimum atomic E-state index is -1.27. The minimum absolute atomic E-state index is 0.185. The van der Waals surface area contributed by atoms with Gasteiger partial charge in [0.05, 0.1) is 5.57 Å². The number of carboxylic acid groups (broad SMARTS) is 2. The Morgan fingerprint density at radius 3 is 2.00 bits per heavy atom. The average molecular weight is 184 g/mol. The molecule has 0 unspecified atom stereocenters. The second-order valence-electron chi connectivity index (χ2n) is 3.13. The van der Waals surface area contributed by atoms with E-state index in [0.717, 1.165) is 0 Å². The number of carboxylic acids is 2. The molecule has 0 rings (SSSR count). The topological polar surface area (TPSA) is 74.6 Å². The maximum absolute atomic E-state index is 10.7. The van der Waals surface area contributed by atoms with Crippen LogP contribution in [0.2, 0.25) is 0 Å². The number of rotatable bonds is 4. The van der Waals surface area contributed by atoms with Crippen LogP contribution in [0, 0.1) is 5.41 Å². The first-order chi connectivity index (χ1) is 5.81. The molecule has 0 aromatic rings. The molecule has 0 saturated heterocycles. The van der Waals surface area contributed by atoms with Crippen molar-refractivity contribution in [1.82, 2.24) is 0 Å². The quantitative estimate of drug-likeness (QED) is 0.510. The van der Waals surface area contributed by atoms with Gasteiger partial charge in [0.15, 0.2) is 0 Å². The van der Waals surface area contributed by atoms with Crippen molar-refractivity contribution in [3.8, 4) is 0 Å². The van der Waals surface area contributed by atoms with E-state index in [1.54, 1.807) is 13.8 Å². The van der Waals surface area contributed by atoms with E-state index in [0.29, 0.717) is 6.08 Å². The molecule has 0 amide bonds. The molecule has 0 aliphatic rings. The van der Waals surface area contributed by atoms with Crippen LogP contribution in [-0.4, -0.2) is 22.2 Å². The summed E-state index contributed by atoms with van der Waals surface area (Å²) in [4.78, 5) is 21.0. The number of hydrogen-bond donors (Lipinski definition) is 2. The van der Waals surface area contributed by atoms with Crippen molar-refractivity contribution in [1.29, 1.82) is 0 Å². The van der Waals surface area contributed by atoms with E-state index in [4.69, 9.17) is 10.2 Å². The van der Waals surface area contributed by atoms with Gasteiger partial charge in [-0.05, 0) is 0 Å². The summed E-state index contributed by atoms with van der Waals surface area (Å²) in [6.07, 6.45) is 2.08. The third-order valence-corrected chi connectivity index (χ3v) is 1.70. The highest BCUT2D eigenvalue weighted by atomic mass is 16.4. The van der Waals surface area contributed by atoms with Crippen molar-refractivity contribution >= 4 is 11.9 Å². The lowest BCUT2D eigenvalue weighted by Gasteiger charge is -2.19. The molecule has 0 fully saturated rings. The average Bonchev–Trinajstić information content (AvgIpc) is 1.99. The van der Waals surface area contributed by atoms with Gasteiger partial charge in [-0.1, -0.05) is 19.9 Å². The zero-order valence-electron chi connectivity index (χ0n) is 7.57. The molecule has 0 heterocycles. The molecule has 72 valence electrons. The summed E-state index contributed by atoms with van der Waals surface area (Å²) >= 11 is 0. The van der Waals surface area contributed by atoms with Crippen LogP contribution in [0.15, 0.2) is 24.3 Å². The van der Waals surface area contributed by atoms with E-state index >= 15 is 0 Å². The molecule has 0 saturated carbocycles. The van der Waals surface area contributed by atoms with Crippen molar-refractivity contribution in [3.05, 3.63) is 24.3 Å². The lowest BCUT2D eigenvalue weighted by atomic mass is 9.84. The van der Waals surface area contributed by atoms with Crippen LogP contribution in [0.1, 0.15) is 13.8 Å². The second kappa shape index (κ2) is 3.89. The molecule has 4 heteroatoms. The van der Waals surface area contributed by atoms with E-state index in [1.165, 1.54) is 6.08 Å². The van der Waals surface area contributed by atoms with Crippen molar-refractivity contribution in [2.24, 2.45) is 5.41 Å². The Morgan fingerprint density at radius 2 is 1.77 bits per heavy atom. The van der Waals surface area contributed by atoms with Gasteiger partial charge < -0.3 is 10.2 Å². The van der Waals surface area contributed by atoms with Gasteiger partial charge in [-0.25, -0.2) is 9.59 Å². The molecule has 0 spiro atoms. The second-order valence-corrected chi connectivity index (χ2v) is 3.13. The lowest BCUT2D eigenvalue weighted by molar-refractivity contribution is -0.135. The smallest absolute Gasteiger partial charge is 0.332 e. The van der Waals surface area contributed by atoms with Crippen LogP contribution < -0.4 is 0 Å². The molecule has 4 nitrogen and oxygen atoms in total. The van der Waals surface area contributed by atoms with Crippen molar-refractivity contribution < 1.29 is 19.8 Å². The number of carbonyl (C=O) groups is 2. The largest absolute Gasteiger partial charge is 0.478 e. The molecule has 0 aliphatic heterocycles. The third-order valence-electron chi connectivity index (χ3n) is 1.70. The summed E-state index contributed by atoms with van der Waals surface area (Å²) in [5.74, 6) is -2.51. The normalized spacial score (nSPS) is 12.3. The van der Waals surface area contributed by atoms with Crippen LogP contribution >= 0.6 is 0 Å². The first-order valence-corrected chi connectivity index (χ1v) is 3.63. The van der Waals surface area contributed by atoms with Crippen molar-refractivity contribution in [2.45, 2.75) is 13.8 Å². The molecular weight excluding hydrogens is 172 g/mol. The van der Waals surface area contributed by atoms with Gasteiger partial charge in [0.25, 0.3) is 0 Å². The van der Waals surface area contributed by atoms with Gasteiger partial charge in [-0.3, -0.25) is 0 Å². The summed E-state index contributed by atoms with van der Waals surface area (Å²) < 4.78 is 0. The summed E-state index contributed by atoms with van der Waals surface area (Å²) in [5.41, 5.74) is -1.03. The Hall–Kier alpha value is -1.58. The minimum Gasteiger partial charge on any atom is -0.478 e. The molecule has 13 heavy (non-hydrogen) atoms. The fourth-order valence-corrected chi connectivity index (χ4v) is 0.757. The molecule has 0 aromatic carbocycles. The standard InChI is InChI=1S/C9H12O4/c1-4-9(2,3)6(8(12)13)5-7(10)11/h4-5H,1H2,2-3H3,(H,10,11)(H,12,13)/b6-5-. The van der Waals surface area contributed by atoms with E-state index in [2.05, 4.69) is 6.58 Å². The molecule has 0 aromatic heterocycles. The Labute approximate surface area is 76.2 Å². The first-order valence-electron chi connectivity index (χ1n) is 3.63. The predicted octanol–water partition coefficient (Wildman–Crippen LogP) is 1.29. The summed E-state index contributed by atoms with van der Waals surface area (Å²) in [6.45, 7) is 6.62. The zero-order valence-corrected chi connectivity index (χ0v) is 7.57. The van der Waals surface area contributed by atoms with E-state index < -0.39 is 17.4 Å². The van der Waals surface area contributed by atoms with Crippen LogP contribution in [0.3, 0.4) is 0 Å².